The van der Waals surface area contributed by atoms with E-state index in [0.717, 1.165) is 26.4 Å². The Kier molecular flexibility index (Phi) is 7.64. The van der Waals surface area contributed by atoms with E-state index in [1.54, 1.807) is 0 Å². The van der Waals surface area contributed by atoms with E-state index >= 15 is 0 Å². The molecule has 7 heteroatoms. The Balaban J connectivity index is 4.68. The summed E-state index contributed by atoms with van der Waals surface area (Å²) >= 11 is 0. The minimum Gasteiger partial charge on any atom is -0.480 e. The highest BCUT2D eigenvalue weighted by molar-refractivity contribution is 5.86. The lowest BCUT2D eigenvalue weighted by Gasteiger charge is -2.32. The maximum Gasteiger partial charge on any atom is 0.326 e. The van der Waals surface area contributed by atoms with Crippen LogP contribution in [0.25, 0.3) is 0 Å². The van der Waals surface area contributed by atoms with Gasteiger partial charge in [0.1, 0.15) is 6.04 Å². The van der Waals surface area contributed by atoms with Crippen LogP contribution in [0, 0.1) is 0 Å². The van der Waals surface area contributed by atoms with E-state index in [-0.39, 0.29) is 5.54 Å². The fourth-order valence-corrected chi connectivity index (χ4v) is 1.90. The average Bonchev–Trinajstić information content (AvgIpc) is 2.43. The minimum absolute atomic E-state index is 0.363. The number of ether oxygens (including phenoxy) is 1. The predicted molar refractivity (Wildman–Crippen MR) is 73.3 cm³/mol. The van der Waals surface area contributed by atoms with E-state index < -0.39 is 30.4 Å². The van der Waals surface area contributed by atoms with E-state index in [1.807, 2.05) is 20.8 Å². The number of carbonyl (C=O) groups excluding carboxylic acids is 2. The Hall–Kier alpha value is -1.79. The molecule has 0 aliphatic heterocycles. The molecule has 0 heterocycles. The molecule has 0 saturated carbocycles. The third kappa shape index (κ3) is 5.46. The summed E-state index contributed by atoms with van der Waals surface area (Å²) in [6, 6.07) is -1.89. The fourth-order valence-electron chi connectivity index (χ4n) is 1.90. The number of carboxylic acids is 1. The van der Waals surface area contributed by atoms with Gasteiger partial charge < -0.3 is 20.5 Å². The first kappa shape index (κ1) is 18.2. The second-order valence-electron chi connectivity index (χ2n) is 4.61. The molecule has 0 aliphatic rings. The molecule has 0 aromatic carbocycles. The van der Waals surface area contributed by atoms with Crippen LogP contribution in [0.15, 0.2) is 0 Å². The summed E-state index contributed by atoms with van der Waals surface area (Å²) in [4.78, 5) is 34.0. The molecule has 2 amide bonds. The Labute approximate surface area is 119 Å². The van der Waals surface area contributed by atoms with Gasteiger partial charge in [-0.2, -0.15) is 0 Å². The molecule has 0 aromatic rings. The first-order valence-corrected chi connectivity index (χ1v) is 6.72. The van der Waals surface area contributed by atoms with Crippen LogP contribution >= 0.6 is 0 Å². The first-order valence-electron chi connectivity index (χ1n) is 6.72. The molecule has 0 radical (unpaired) electrons. The second kappa shape index (κ2) is 8.39. The Morgan fingerprint density at radius 2 is 1.65 bits per heavy atom. The van der Waals surface area contributed by atoms with Crippen LogP contribution < -0.4 is 10.6 Å². The summed E-state index contributed by atoms with van der Waals surface area (Å²) < 4.78 is 4.40. The van der Waals surface area contributed by atoms with Crippen molar-refractivity contribution >= 4 is 18.0 Å². The third-order valence-corrected chi connectivity index (χ3v) is 3.61. The van der Waals surface area contributed by atoms with Gasteiger partial charge in [-0.15, -0.1) is 0 Å². The van der Waals surface area contributed by atoms with Gasteiger partial charge in [0.25, 0.3) is 0 Å². The van der Waals surface area contributed by atoms with Crippen molar-refractivity contribution in [1.82, 2.24) is 10.6 Å². The normalized spacial score (nSPS) is 12.4. The lowest BCUT2D eigenvalue weighted by Crippen LogP contribution is -2.55. The Morgan fingerprint density at radius 1 is 1.15 bits per heavy atom. The fraction of sp³-hybridized carbons (Fsp3) is 0.769. The summed E-state index contributed by atoms with van der Waals surface area (Å²) in [5.41, 5.74) is -0.363. The number of nitrogens with one attached hydrogen (secondary N) is 2. The van der Waals surface area contributed by atoms with Gasteiger partial charge in [0.2, 0.25) is 0 Å². The molecule has 116 valence electrons. The summed E-state index contributed by atoms with van der Waals surface area (Å²) in [6.07, 6.45) is 1.81. The molecule has 0 bridgehead atoms. The van der Waals surface area contributed by atoms with E-state index in [0.29, 0.717) is 0 Å². The second-order valence-corrected chi connectivity index (χ2v) is 4.61. The van der Waals surface area contributed by atoms with Gasteiger partial charge in [0, 0.05) is 5.54 Å². The molecule has 1 atom stereocenters. The predicted octanol–water partition coefficient (Wildman–Crippen LogP) is 1.27. The van der Waals surface area contributed by atoms with Crippen LogP contribution in [-0.4, -0.2) is 41.8 Å². The van der Waals surface area contributed by atoms with Gasteiger partial charge in [0.05, 0.1) is 13.5 Å². The van der Waals surface area contributed by atoms with Crippen molar-refractivity contribution < 1.29 is 24.2 Å². The first-order chi connectivity index (χ1) is 9.33. The highest BCUT2D eigenvalue weighted by atomic mass is 16.5. The van der Waals surface area contributed by atoms with E-state index in [1.165, 1.54) is 0 Å². The summed E-state index contributed by atoms with van der Waals surface area (Å²) in [5, 5.41) is 14.1. The number of rotatable bonds is 8. The minimum atomic E-state index is -1.30. The quantitative estimate of drug-likeness (QED) is 0.583. The van der Waals surface area contributed by atoms with E-state index in [9.17, 15) is 14.4 Å². The van der Waals surface area contributed by atoms with Crippen molar-refractivity contribution in [2.24, 2.45) is 0 Å². The van der Waals surface area contributed by atoms with E-state index in [2.05, 4.69) is 15.4 Å². The standard InChI is InChI=1S/C13H24N2O5/c1-5-13(6-2,7-3)15-12(19)14-9(11(17)18)8-10(16)20-4/h9H,5-8H2,1-4H3,(H,17,18)(H2,14,15,19)/t9-/m0/s1. The molecule has 7 nitrogen and oxygen atoms in total. The van der Waals surface area contributed by atoms with Crippen LogP contribution in [0.4, 0.5) is 4.79 Å². The number of methoxy groups -OCH3 is 1. The summed E-state index contributed by atoms with van der Waals surface area (Å²) in [6.45, 7) is 5.86. The van der Waals surface area contributed by atoms with Gasteiger partial charge >= 0.3 is 18.0 Å². The lowest BCUT2D eigenvalue weighted by atomic mass is 9.90. The molecule has 0 aliphatic carbocycles. The van der Waals surface area contributed by atoms with Crippen molar-refractivity contribution in [2.45, 2.75) is 58.0 Å². The molecule has 3 N–H and O–H groups in total. The molecule has 0 fully saturated rings. The molecular weight excluding hydrogens is 264 g/mol. The Bertz CT molecular complexity index is 344. The van der Waals surface area contributed by atoms with Crippen molar-refractivity contribution in [1.29, 1.82) is 0 Å². The number of aliphatic carboxylic acids is 1. The summed E-state index contributed by atoms with van der Waals surface area (Å²) in [7, 11) is 1.16. The number of hydrogen-bond donors (Lipinski definition) is 3. The molecule has 0 saturated heterocycles. The zero-order valence-corrected chi connectivity index (χ0v) is 12.5. The number of hydrogen-bond acceptors (Lipinski definition) is 4. The molecular formula is C13H24N2O5. The van der Waals surface area contributed by atoms with Gasteiger partial charge in [-0.3, -0.25) is 4.79 Å². The molecule has 0 unspecified atom stereocenters. The smallest absolute Gasteiger partial charge is 0.326 e. The van der Waals surface area contributed by atoms with Gasteiger partial charge in [-0.25, -0.2) is 9.59 Å². The van der Waals surface area contributed by atoms with Crippen molar-refractivity contribution in [3.8, 4) is 0 Å². The molecule has 0 aromatic heterocycles. The number of esters is 1. The van der Waals surface area contributed by atoms with Crippen LogP contribution in [0.5, 0.6) is 0 Å². The van der Waals surface area contributed by atoms with Crippen molar-refractivity contribution in [2.75, 3.05) is 7.11 Å². The molecule has 0 rings (SSSR count). The van der Waals surface area contributed by atoms with Crippen LogP contribution in [0.3, 0.4) is 0 Å². The van der Waals surface area contributed by atoms with Crippen molar-refractivity contribution in [3.63, 3.8) is 0 Å². The number of amides is 2. The topological polar surface area (TPSA) is 105 Å². The van der Waals surface area contributed by atoms with Gasteiger partial charge in [-0.1, -0.05) is 20.8 Å². The lowest BCUT2D eigenvalue weighted by molar-refractivity contribution is -0.147. The van der Waals surface area contributed by atoms with Crippen molar-refractivity contribution in [3.05, 3.63) is 0 Å². The van der Waals surface area contributed by atoms with Gasteiger partial charge in [0.15, 0.2) is 0 Å². The number of carboxylic acid groups (broad SMARTS) is 1. The monoisotopic (exact) mass is 288 g/mol. The molecule has 0 spiro atoms. The van der Waals surface area contributed by atoms with E-state index in [4.69, 9.17) is 5.11 Å². The zero-order valence-electron chi connectivity index (χ0n) is 12.5. The Morgan fingerprint density at radius 3 is 2.00 bits per heavy atom. The number of carbonyl (C=O) groups is 3. The maximum absolute atomic E-state index is 11.9. The zero-order chi connectivity index (χ0) is 15.8. The largest absolute Gasteiger partial charge is 0.480 e. The molecule has 20 heavy (non-hydrogen) atoms. The van der Waals surface area contributed by atoms with Crippen LogP contribution in [-0.2, 0) is 14.3 Å². The summed E-state index contributed by atoms with van der Waals surface area (Å²) in [5.74, 6) is -1.97. The highest BCUT2D eigenvalue weighted by Gasteiger charge is 2.29. The van der Waals surface area contributed by atoms with Crippen LogP contribution in [0.2, 0.25) is 0 Å². The number of urea groups is 1. The SMILES string of the molecule is CCC(CC)(CC)NC(=O)N[C@@H](CC(=O)OC)C(=O)O. The maximum atomic E-state index is 11.9. The van der Waals surface area contributed by atoms with Crippen LogP contribution in [0.1, 0.15) is 46.5 Å². The van der Waals surface area contributed by atoms with Gasteiger partial charge in [-0.05, 0) is 19.3 Å². The average molecular weight is 288 g/mol. The highest BCUT2D eigenvalue weighted by Crippen LogP contribution is 2.18. The third-order valence-electron chi connectivity index (χ3n) is 3.61.